The summed E-state index contributed by atoms with van der Waals surface area (Å²) in [6.45, 7) is 5.81. The number of carbonyl (C=O) groups is 5. The third-order valence-corrected chi connectivity index (χ3v) is 11.9. The van der Waals surface area contributed by atoms with E-state index in [2.05, 4.69) is 36.1 Å². The van der Waals surface area contributed by atoms with E-state index in [0.717, 1.165) is 10.6 Å². The van der Waals surface area contributed by atoms with Gasteiger partial charge in [0, 0.05) is 68.3 Å². The molecule has 1 aromatic heterocycles. The summed E-state index contributed by atoms with van der Waals surface area (Å²) in [5, 5.41) is 12.7. The third kappa shape index (κ3) is 8.28. The van der Waals surface area contributed by atoms with E-state index in [0.29, 0.717) is 65.1 Å². The first-order valence-corrected chi connectivity index (χ1v) is 21.3. The molecule has 296 valence electrons. The van der Waals surface area contributed by atoms with E-state index < -0.39 is 36.8 Å². The zero-order valence-corrected chi connectivity index (χ0v) is 33.2. The molecule has 3 aliphatic rings. The Kier molecular flexibility index (Phi) is 11.2. The molecule has 4 heterocycles. The number of piperidine rings is 1. The van der Waals surface area contributed by atoms with Crippen molar-refractivity contribution in [1.29, 1.82) is 0 Å². The highest BCUT2D eigenvalue weighted by Crippen LogP contribution is 2.39. The molecule has 16 nitrogen and oxygen atoms in total. The van der Waals surface area contributed by atoms with E-state index in [1.807, 2.05) is 42.5 Å². The standard InChI is InChI=1S/C39H41ClN9O7P/c1-56-30-21-23(11-12-26(30)44-39-42-22-25(40)35(46-39)43-27-8-4-5-10-31(27)57(2,3)55)47-17-19-48(20-18-47)33(51)15-16-41-28-9-6-7-24-34(28)38(54)49(37(24)53)29-13-14-32(50)45-36(29)52/h4-12,21-22,29,41H,13-20H2,1-3H3,(H,45,50,52)(H2,42,43,44,46). The zero-order valence-electron chi connectivity index (χ0n) is 31.5. The number of nitrogens with one attached hydrogen (secondary N) is 4. The highest BCUT2D eigenvalue weighted by Gasteiger charge is 2.45. The largest absolute Gasteiger partial charge is 0.494 e. The Morgan fingerprint density at radius 2 is 1.70 bits per heavy atom. The molecule has 0 radical (unpaired) electrons. The lowest BCUT2D eigenvalue weighted by Gasteiger charge is -2.36. The second-order valence-electron chi connectivity index (χ2n) is 14.1. The Bertz CT molecular complexity index is 2330. The normalized spacial score (nSPS) is 17.0. The first-order chi connectivity index (χ1) is 27.3. The van der Waals surface area contributed by atoms with Gasteiger partial charge in [-0.2, -0.15) is 4.98 Å². The summed E-state index contributed by atoms with van der Waals surface area (Å²) in [6, 6.07) is 16.8. The maximum Gasteiger partial charge on any atom is 0.264 e. The number of hydrogen-bond donors (Lipinski definition) is 4. The van der Waals surface area contributed by atoms with E-state index in [-0.39, 0.29) is 48.8 Å². The van der Waals surface area contributed by atoms with Crippen LogP contribution >= 0.6 is 18.7 Å². The highest BCUT2D eigenvalue weighted by atomic mass is 35.5. The summed E-state index contributed by atoms with van der Waals surface area (Å²) >= 11 is 6.44. The lowest BCUT2D eigenvalue weighted by molar-refractivity contribution is -0.136. The third-order valence-electron chi connectivity index (χ3n) is 10.0. The van der Waals surface area contributed by atoms with E-state index in [1.54, 1.807) is 37.5 Å². The average molecular weight is 814 g/mol. The van der Waals surface area contributed by atoms with Gasteiger partial charge in [-0.15, -0.1) is 0 Å². The van der Waals surface area contributed by atoms with Crippen LogP contribution in [0.3, 0.4) is 0 Å². The minimum absolute atomic E-state index is 0.0341. The molecule has 4 N–H and O–H groups in total. The summed E-state index contributed by atoms with van der Waals surface area (Å²) in [6.07, 6.45) is 1.74. The van der Waals surface area contributed by atoms with Crippen LogP contribution in [-0.4, -0.2) is 109 Å². The smallest absolute Gasteiger partial charge is 0.264 e. The Balaban J connectivity index is 0.932. The molecule has 0 spiro atoms. The van der Waals surface area contributed by atoms with Crippen molar-refractivity contribution in [1.82, 2.24) is 25.1 Å². The maximum atomic E-state index is 13.4. The SMILES string of the molecule is COc1cc(N2CCN(C(=O)CCNc3cccc4c3C(=O)N(C3CCC(=O)NC3=O)C4=O)CC2)ccc1Nc1ncc(Cl)c(Nc2ccccc2P(C)(C)=O)n1. The van der Waals surface area contributed by atoms with Gasteiger partial charge in [-0.3, -0.25) is 34.2 Å². The fraction of sp³-hybridized carbons (Fsp3) is 0.308. The maximum absolute atomic E-state index is 13.4. The molecule has 3 aliphatic heterocycles. The number of imide groups is 2. The molecule has 0 saturated carbocycles. The van der Waals surface area contributed by atoms with Gasteiger partial charge in [-0.25, -0.2) is 4.98 Å². The van der Waals surface area contributed by atoms with Crippen LogP contribution in [0.2, 0.25) is 5.02 Å². The van der Waals surface area contributed by atoms with Crippen molar-refractivity contribution in [3.05, 3.63) is 83.0 Å². The van der Waals surface area contributed by atoms with Crippen LogP contribution in [0, 0.1) is 0 Å². The zero-order chi connectivity index (χ0) is 40.4. The minimum Gasteiger partial charge on any atom is -0.494 e. The number of hydrogen-bond acceptors (Lipinski definition) is 13. The van der Waals surface area contributed by atoms with Gasteiger partial charge in [0.25, 0.3) is 11.8 Å². The number of ether oxygens (including phenoxy) is 1. The topological polar surface area (TPSA) is 195 Å². The fourth-order valence-corrected chi connectivity index (χ4v) is 8.42. The summed E-state index contributed by atoms with van der Waals surface area (Å²) < 4.78 is 18.6. The monoisotopic (exact) mass is 813 g/mol. The molecule has 0 bridgehead atoms. The first-order valence-electron chi connectivity index (χ1n) is 18.3. The van der Waals surface area contributed by atoms with Gasteiger partial charge in [0.15, 0.2) is 5.82 Å². The predicted octanol–water partition coefficient (Wildman–Crippen LogP) is 4.43. The number of nitrogens with zero attached hydrogens (tertiary/aromatic N) is 5. The fourth-order valence-electron chi connectivity index (χ4n) is 7.13. The number of halogens is 1. The molecule has 3 aromatic carbocycles. The van der Waals surface area contributed by atoms with Crippen LogP contribution in [0.25, 0.3) is 0 Å². The lowest BCUT2D eigenvalue weighted by atomic mass is 10.0. The molecule has 1 atom stereocenters. The number of para-hydroxylation sites is 1. The van der Waals surface area contributed by atoms with Crippen LogP contribution < -0.4 is 36.2 Å². The first kappa shape index (κ1) is 39.3. The predicted molar refractivity (Wildman–Crippen MR) is 217 cm³/mol. The number of anilines is 6. The van der Waals surface area contributed by atoms with Crippen molar-refractivity contribution < 1.29 is 33.3 Å². The van der Waals surface area contributed by atoms with Crippen molar-refractivity contribution in [2.45, 2.75) is 25.3 Å². The number of amides is 5. The van der Waals surface area contributed by atoms with Crippen molar-refractivity contribution in [2.24, 2.45) is 0 Å². The van der Waals surface area contributed by atoms with Crippen molar-refractivity contribution in [3.63, 3.8) is 0 Å². The number of fused-ring (bicyclic) bond motifs is 1. The van der Waals surface area contributed by atoms with Crippen LogP contribution in [-0.2, 0) is 18.9 Å². The molecule has 5 amide bonds. The number of rotatable bonds is 12. The van der Waals surface area contributed by atoms with Gasteiger partial charge in [0.1, 0.15) is 24.0 Å². The number of carbonyl (C=O) groups excluding carboxylic acids is 5. The second-order valence-corrected chi connectivity index (χ2v) is 17.7. The Morgan fingerprint density at radius 1 is 0.947 bits per heavy atom. The Hall–Kier alpha value is -5.99. The molecule has 4 aromatic rings. The van der Waals surface area contributed by atoms with Gasteiger partial charge in [0.2, 0.25) is 23.7 Å². The Morgan fingerprint density at radius 3 is 2.44 bits per heavy atom. The van der Waals surface area contributed by atoms with Gasteiger partial charge in [-0.05, 0) is 56.1 Å². The number of benzene rings is 3. The summed E-state index contributed by atoms with van der Waals surface area (Å²) in [7, 11) is -1.01. The quantitative estimate of drug-likeness (QED) is 0.116. The van der Waals surface area contributed by atoms with Crippen LogP contribution in [0.15, 0.2) is 66.9 Å². The molecule has 2 saturated heterocycles. The lowest BCUT2D eigenvalue weighted by Crippen LogP contribution is -2.54. The van der Waals surface area contributed by atoms with Crippen molar-refractivity contribution >= 4 is 88.1 Å². The van der Waals surface area contributed by atoms with E-state index in [9.17, 15) is 28.5 Å². The van der Waals surface area contributed by atoms with Crippen LogP contribution in [0.5, 0.6) is 5.75 Å². The minimum atomic E-state index is -2.58. The summed E-state index contributed by atoms with van der Waals surface area (Å²) in [5.41, 5.74) is 2.90. The molecule has 57 heavy (non-hydrogen) atoms. The number of aromatic nitrogens is 2. The summed E-state index contributed by atoms with van der Waals surface area (Å²) in [5.74, 6) is -1.19. The molecule has 0 aliphatic carbocycles. The second kappa shape index (κ2) is 16.2. The van der Waals surface area contributed by atoms with Gasteiger partial charge >= 0.3 is 0 Å². The van der Waals surface area contributed by atoms with Crippen molar-refractivity contribution in [3.8, 4) is 5.75 Å². The number of methoxy groups -OCH3 is 1. The van der Waals surface area contributed by atoms with Gasteiger partial charge in [-0.1, -0.05) is 29.8 Å². The van der Waals surface area contributed by atoms with Crippen LogP contribution in [0.4, 0.5) is 34.5 Å². The van der Waals surface area contributed by atoms with Crippen LogP contribution in [0.1, 0.15) is 40.0 Å². The van der Waals surface area contributed by atoms with Crippen molar-refractivity contribution in [2.75, 3.05) is 74.0 Å². The molecular formula is C39H41ClN9O7P. The highest BCUT2D eigenvalue weighted by molar-refractivity contribution is 7.70. The molecular weight excluding hydrogens is 773 g/mol. The molecule has 7 rings (SSSR count). The molecule has 1 unspecified atom stereocenters. The Labute approximate surface area is 333 Å². The van der Waals surface area contributed by atoms with E-state index in [1.165, 1.54) is 12.3 Å². The van der Waals surface area contributed by atoms with E-state index in [4.69, 9.17) is 16.3 Å². The molecule has 2 fully saturated rings. The molecule has 18 heteroatoms. The van der Waals surface area contributed by atoms with Gasteiger partial charge in [0.05, 0.1) is 35.8 Å². The average Bonchev–Trinajstić information content (AvgIpc) is 3.45. The van der Waals surface area contributed by atoms with E-state index >= 15 is 0 Å². The van der Waals surface area contributed by atoms with Gasteiger partial charge < -0.3 is 35.1 Å². The summed E-state index contributed by atoms with van der Waals surface area (Å²) in [4.78, 5) is 77.6. The number of piperazine rings is 1.